The summed E-state index contributed by atoms with van der Waals surface area (Å²) in [5, 5.41) is 9.14. The van der Waals surface area contributed by atoms with E-state index < -0.39 is 17.0 Å². The van der Waals surface area contributed by atoms with Crippen LogP contribution in [0.1, 0.15) is 32.3 Å². The van der Waals surface area contributed by atoms with Gasteiger partial charge in [0.2, 0.25) is 0 Å². The lowest BCUT2D eigenvalue weighted by Gasteiger charge is -2.23. The number of halogens is 2. The average molecular weight is 223 g/mol. The van der Waals surface area contributed by atoms with Gasteiger partial charge in [-0.1, -0.05) is 19.9 Å². The summed E-state index contributed by atoms with van der Waals surface area (Å²) in [4.78, 5) is 0. The molecule has 0 saturated carbocycles. The monoisotopic (exact) mass is 223 g/mol. The summed E-state index contributed by atoms with van der Waals surface area (Å²) in [5.74, 6) is -1.70. The Hall–Kier alpha value is -1.43. The third kappa shape index (κ3) is 2.57. The first-order chi connectivity index (χ1) is 7.56. The Kier molecular flexibility index (Phi) is 4.00. The van der Waals surface area contributed by atoms with E-state index in [1.165, 1.54) is 12.1 Å². The lowest BCUT2D eigenvalue weighted by atomic mass is 9.78. The molecule has 0 spiro atoms. The second-order valence-electron chi connectivity index (χ2n) is 4.02. The molecular weight excluding hydrogens is 208 g/mol. The van der Waals surface area contributed by atoms with Gasteiger partial charge in [-0.2, -0.15) is 5.26 Å². The van der Waals surface area contributed by atoms with Crippen molar-refractivity contribution in [3.8, 4) is 6.07 Å². The van der Waals surface area contributed by atoms with Gasteiger partial charge in [-0.3, -0.25) is 0 Å². The molecule has 86 valence electrons. The largest absolute Gasteiger partial charge is 0.204 e. The maximum atomic E-state index is 13.0. The first-order valence-corrected chi connectivity index (χ1v) is 5.42. The molecule has 0 fully saturated rings. The number of rotatable bonds is 4. The van der Waals surface area contributed by atoms with E-state index in [0.717, 1.165) is 6.07 Å². The number of nitriles is 1. The van der Waals surface area contributed by atoms with Gasteiger partial charge in [0.1, 0.15) is 0 Å². The highest BCUT2D eigenvalue weighted by Crippen LogP contribution is 2.30. The molecule has 0 aromatic heterocycles. The van der Waals surface area contributed by atoms with Crippen molar-refractivity contribution in [2.24, 2.45) is 5.41 Å². The minimum atomic E-state index is -0.850. The molecule has 0 aliphatic rings. The highest BCUT2D eigenvalue weighted by atomic mass is 19.2. The molecule has 0 bridgehead atoms. The minimum absolute atomic E-state index is 0.466. The van der Waals surface area contributed by atoms with Gasteiger partial charge >= 0.3 is 0 Å². The van der Waals surface area contributed by atoms with Gasteiger partial charge in [-0.05, 0) is 37.0 Å². The van der Waals surface area contributed by atoms with Crippen LogP contribution in [0.3, 0.4) is 0 Å². The van der Waals surface area contributed by atoms with Crippen molar-refractivity contribution < 1.29 is 8.78 Å². The van der Waals surface area contributed by atoms with Crippen molar-refractivity contribution in [3.63, 3.8) is 0 Å². The average Bonchev–Trinajstić information content (AvgIpc) is 2.31. The Labute approximate surface area is 94.7 Å². The molecule has 0 N–H and O–H groups in total. The zero-order chi connectivity index (χ0) is 12.2. The van der Waals surface area contributed by atoms with Crippen molar-refractivity contribution in [3.05, 3.63) is 35.4 Å². The van der Waals surface area contributed by atoms with E-state index in [4.69, 9.17) is 5.26 Å². The first kappa shape index (κ1) is 12.6. The molecule has 0 unspecified atom stereocenters. The first-order valence-electron chi connectivity index (χ1n) is 5.42. The van der Waals surface area contributed by atoms with E-state index in [0.29, 0.717) is 24.8 Å². The highest BCUT2D eigenvalue weighted by molar-refractivity contribution is 5.21. The minimum Gasteiger partial charge on any atom is -0.204 e. The summed E-state index contributed by atoms with van der Waals surface area (Å²) in [5.41, 5.74) is 0.203. The topological polar surface area (TPSA) is 23.8 Å². The zero-order valence-electron chi connectivity index (χ0n) is 9.56. The second kappa shape index (κ2) is 5.07. The molecule has 0 atom stereocenters. The van der Waals surface area contributed by atoms with Gasteiger partial charge in [0.25, 0.3) is 0 Å². The molecule has 0 saturated heterocycles. The summed E-state index contributed by atoms with van der Waals surface area (Å²) < 4.78 is 25.7. The van der Waals surface area contributed by atoms with E-state index >= 15 is 0 Å². The van der Waals surface area contributed by atoms with E-state index in [9.17, 15) is 8.78 Å². The van der Waals surface area contributed by atoms with E-state index in [2.05, 4.69) is 6.07 Å². The number of benzene rings is 1. The molecule has 3 heteroatoms. The molecule has 0 aliphatic heterocycles. The molecular formula is C13H15F2N. The highest BCUT2D eigenvalue weighted by Gasteiger charge is 2.26. The van der Waals surface area contributed by atoms with Gasteiger partial charge in [0.15, 0.2) is 11.6 Å². The van der Waals surface area contributed by atoms with Gasteiger partial charge < -0.3 is 0 Å². The normalized spacial score (nSPS) is 11.2. The Morgan fingerprint density at radius 1 is 1.19 bits per heavy atom. The van der Waals surface area contributed by atoms with Gasteiger partial charge in [-0.15, -0.1) is 0 Å². The predicted octanol–water partition coefficient (Wildman–Crippen LogP) is 3.84. The molecule has 1 aromatic rings. The molecule has 0 heterocycles. The quantitative estimate of drug-likeness (QED) is 0.760. The van der Waals surface area contributed by atoms with Gasteiger partial charge in [0, 0.05) is 0 Å². The predicted molar refractivity (Wildman–Crippen MR) is 58.7 cm³/mol. The van der Waals surface area contributed by atoms with Crippen molar-refractivity contribution in [2.75, 3.05) is 0 Å². The summed E-state index contributed by atoms with van der Waals surface area (Å²) in [6.07, 6.45) is 1.88. The molecule has 16 heavy (non-hydrogen) atoms. The summed E-state index contributed by atoms with van der Waals surface area (Å²) >= 11 is 0. The van der Waals surface area contributed by atoms with Crippen LogP contribution in [0.25, 0.3) is 0 Å². The maximum absolute atomic E-state index is 13.0. The van der Waals surface area contributed by atoms with Crippen LogP contribution in [0.2, 0.25) is 0 Å². The molecule has 1 aromatic carbocycles. The summed E-state index contributed by atoms with van der Waals surface area (Å²) in [6.45, 7) is 3.87. The van der Waals surface area contributed by atoms with Crippen LogP contribution in [0.15, 0.2) is 18.2 Å². The fourth-order valence-electron chi connectivity index (χ4n) is 1.74. The number of hydrogen-bond donors (Lipinski definition) is 0. The lowest BCUT2D eigenvalue weighted by molar-refractivity contribution is 0.362. The van der Waals surface area contributed by atoms with Crippen LogP contribution in [-0.4, -0.2) is 0 Å². The smallest absolute Gasteiger partial charge is 0.159 e. The molecule has 1 nitrogen and oxygen atoms in total. The third-order valence-corrected chi connectivity index (χ3v) is 3.12. The Morgan fingerprint density at radius 3 is 2.25 bits per heavy atom. The lowest BCUT2D eigenvalue weighted by Crippen LogP contribution is -2.19. The summed E-state index contributed by atoms with van der Waals surface area (Å²) in [7, 11) is 0. The van der Waals surface area contributed by atoms with E-state index in [-0.39, 0.29) is 0 Å². The van der Waals surface area contributed by atoms with Crippen LogP contribution < -0.4 is 0 Å². The van der Waals surface area contributed by atoms with Crippen LogP contribution in [0.5, 0.6) is 0 Å². The fraction of sp³-hybridized carbons (Fsp3) is 0.462. The van der Waals surface area contributed by atoms with Gasteiger partial charge in [0.05, 0.1) is 11.5 Å². The van der Waals surface area contributed by atoms with Gasteiger partial charge in [-0.25, -0.2) is 8.78 Å². The Balaban J connectivity index is 2.95. The van der Waals surface area contributed by atoms with Crippen LogP contribution in [-0.2, 0) is 6.42 Å². The summed E-state index contributed by atoms with van der Waals surface area (Å²) in [6, 6.07) is 6.10. The van der Waals surface area contributed by atoms with Crippen LogP contribution >= 0.6 is 0 Å². The van der Waals surface area contributed by atoms with E-state index in [1.807, 2.05) is 13.8 Å². The molecule has 0 aliphatic carbocycles. The molecule has 0 amide bonds. The zero-order valence-corrected chi connectivity index (χ0v) is 9.56. The second-order valence-corrected chi connectivity index (χ2v) is 4.02. The van der Waals surface area contributed by atoms with E-state index in [1.54, 1.807) is 0 Å². The maximum Gasteiger partial charge on any atom is 0.159 e. The van der Waals surface area contributed by atoms with Crippen molar-refractivity contribution in [2.45, 2.75) is 33.1 Å². The van der Waals surface area contributed by atoms with Crippen molar-refractivity contribution >= 4 is 0 Å². The Bertz CT molecular complexity index is 403. The van der Waals surface area contributed by atoms with Crippen LogP contribution in [0, 0.1) is 28.4 Å². The fourth-order valence-corrected chi connectivity index (χ4v) is 1.74. The standard InChI is InChI=1S/C13H15F2N/c1-3-13(4-2,9-16)8-10-5-6-11(14)12(15)7-10/h5-7H,3-4,8H2,1-2H3. The van der Waals surface area contributed by atoms with Crippen LogP contribution in [0.4, 0.5) is 8.78 Å². The molecule has 1 rings (SSSR count). The number of hydrogen-bond acceptors (Lipinski definition) is 1. The third-order valence-electron chi connectivity index (χ3n) is 3.12. The van der Waals surface area contributed by atoms with Crippen molar-refractivity contribution in [1.29, 1.82) is 5.26 Å². The Morgan fingerprint density at radius 2 is 1.81 bits per heavy atom. The number of nitrogens with zero attached hydrogens (tertiary/aromatic N) is 1. The molecule has 0 radical (unpaired) electrons. The SMILES string of the molecule is CCC(C#N)(CC)Cc1ccc(F)c(F)c1. The van der Waals surface area contributed by atoms with Crippen molar-refractivity contribution in [1.82, 2.24) is 0 Å².